The van der Waals surface area contributed by atoms with Crippen LogP contribution in [0.3, 0.4) is 0 Å². The monoisotopic (exact) mass is 542 g/mol. The van der Waals surface area contributed by atoms with Crippen LogP contribution in [0.2, 0.25) is 0 Å². The third kappa shape index (κ3) is 10.9. The van der Waals surface area contributed by atoms with Gasteiger partial charge in [0.25, 0.3) is 5.91 Å². The maximum Gasteiger partial charge on any atom is 0.490 e. The van der Waals surface area contributed by atoms with Crippen molar-refractivity contribution in [2.45, 2.75) is 25.7 Å². The Morgan fingerprint density at radius 1 is 1.08 bits per heavy atom. The Kier molecular flexibility index (Phi) is 11.0. The Morgan fingerprint density at radius 3 is 2.11 bits per heavy atom. The fourth-order valence-corrected chi connectivity index (χ4v) is 2.54. The first kappa shape index (κ1) is 30.0. The van der Waals surface area contributed by atoms with Gasteiger partial charge < -0.3 is 20.1 Å². The average Bonchev–Trinajstić information content (AvgIpc) is 3.43. The van der Waals surface area contributed by atoms with Crippen molar-refractivity contribution in [1.29, 1.82) is 0 Å². The van der Waals surface area contributed by atoms with Gasteiger partial charge in [0, 0.05) is 30.4 Å². The van der Waals surface area contributed by atoms with E-state index >= 15 is 0 Å². The SMILES string of the molecule is Cc1nc(-c2cc(C(=O)NCCc3cccnc3)no2)cs1.O=C(O)C(F)(F)F.O=C(O)C(F)(F)F. The molecule has 0 aliphatic carbocycles. The van der Waals surface area contributed by atoms with Crippen LogP contribution in [-0.4, -0.2) is 62.1 Å². The summed E-state index contributed by atoms with van der Waals surface area (Å²) in [5, 5.41) is 23.7. The first-order valence-corrected chi connectivity index (χ1v) is 10.2. The number of aliphatic carboxylic acids is 2. The molecule has 196 valence electrons. The zero-order chi connectivity index (χ0) is 27.5. The Bertz CT molecular complexity index is 1120. The van der Waals surface area contributed by atoms with Crippen LogP contribution < -0.4 is 5.32 Å². The van der Waals surface area contributed by atoms with Gasteiger partial charge in [-0.15, -0.1) is 11.3 Å². The van der Waals surface area contributed by atoms with Gasteiger partial charge in [-0.25, -0.2) is 14.6 Å². The van der Waals surface area contributed by atoms with Gasteiger partial charge in [-0.05, 0) is 25.0 Å². The summed E-state index contributed by atoms with van der Waals surface area (Å²) in [6.07, 6.45) is -5.94. The van der Waals surface area contributed by atoms with Crippen molar-refractivity contribution >= 4 is 29.2 Å². The molecule has 0 aliphatic rings. The number of amides is 1. The number of carbonyl (C=O) groups excluding carboxylic acids is 1. The number of hydrogen-bond acceptors (Lipinski definition) is 8. The Labute approximate surface area is 201 Å². The van der Waals surface area contributed by atoms with Gasteiger partial charge in [0.2, 0.25) is 0 Å². The standard InChI is InChI=1S/C15H14N4O2S.2C2HF3O2/c1-10-18-13(9-22-10)14-7-12(19-21-14)15(20)17-6-4-11-3-2-5-16-8-11;2*3-2(4,5)1(6)7/h2-3,5,7-9H,4,6H2,1H3,(H,17,20);2*(H,6,7). The van der Waals surface area contributed by atoms with Crippen LogP contribution in [0.4, 0.5) is 26.3 Å². The minimum atomic E-state index is -5.08. The number of hydrogen-bond donors (Lipinski definition) is 3. The van der Waals surface area contributed by atoms with E-state index in [2.05, 4.69) is 20.4 Å². The third-order valence-corrected chi connectivity index (χ3v) is 4.29. The van der Waals surface area contributed by atoms with Gasteiger partial charge >= 0.3 is 24.3 Å². The number of nitrogens with one attached hydrogen (secondary N) is 1. The molecule has 0 atom stereocenters. The van der Waals surface area contributed by atoms with Crippen LogP contribution in [0.1, 0.15) is 21.1 Å². The zero-order valence-corrected chi connectivity index (χ0v) is 18.7. The molecule has 0 fully saturated rings. The molecule has 0 bridgehead atoms. The summed E-state index contributed by atoms with van der Waals surface area (Å²) < 4.78 is 68.6. The number of carbonyl (C=O) groups is 3. The first-order valence-electron chi connectivity index (χ1n) is 9.27. The molecule has 3 N–H and O–H groups in total. The van der Waals surface area contributed by atoms with E-state index in [0.717, 1.165) is 17.0 Å². The molecule has 0 aliphatic heterocycles. The summed E-state index contributed by atoms with van der Waals surface area (Å²) >= 11 is 1.52. The highest BCUT2D eigenvalue weighted by Crippen LogP contribution is 2.22. The predicted molar refractivity (Wildman–Crippen MR) is 110 cm³/mol. The highest BCUT2D eigenvalue weighted by Gasteiger charge is 2.38. The number of pyridine rings is 1. The summed E-state index contributed by atoms with van der Waals surface area (Å²) in [6, 6.07) is 5.45. The van der Waals surface area contributed by atoms with Gasteiger partial charge in [0.15, 0.2) is 11.5 Å². The molecule has 3 heterocycles. The second kappa shape index (κ2) is 13.2. The number of halogens is 6. The van der Waals surface area contributed by atoms with Crippen molar-refractivity contribution < 1.29 is 55.5 Å². The molecule has 0 saturated heterocycles. The molecule has 0 saturated carbocycles. The lowest BCUT2D eigenvalue weighted by molar-refractivity contribution is -0.193. The molecule has 17 heteroatoms. The second-order valence-electron chi connectivity index (χ2n) is 6.30. The molecule has 3 aromatic heterocycles. The topological polar surface area (TPSA) is 156 Å². The van der Waals surface area contributed by atoms with Crippen LogP contribution in [0.25, 0.3) is 11.5 Å². The van der Waals surface area contributed by atoms with Gasteiger partial charge in [-0.3, -0.25) is 9.78 Å². The number of aromatic nitrogens is 3. The minimum absolute atomic E-state index is 0.256. The fraction of sp³-hybridized carbons (Fsp3) is 0.263. The predicted octanol–water partition coefficient (Wildman–Crippen LogP) is 3.74. The minimum Gasteiger partial charge on any atom is -0.475 e. The molecule has 36 heavy (non-hydrogen) atoms. The molecular weight excluding hydrogens is 526 g/mol. The lowest BCUT2D eigenvalue weighted by Gasteiger charge is -2.02. The van der Waals surface area contributed by atoms with Crippen LogP contribution >= 0.6 is 11.3 Å². The molecule has 1 amide bonds. The maximum atomic E-state index is 12.0. The van der Waals surface area contributed by atoms with Gasteiger partial charge in [-0.1, -0.05) is 11.2 Å². The lowest BCUT2D eigenvalue weighted by atomic mass is 10.2. The number of aryl methyl sites for hydroxylation is 1. The Balaban J connectivity index is 0.000000383. The molecule has 0 aromatic carbocycles. The van der Waals surface area contributed by atoms with E-state index in [4.69, 9.17) is 24.3 Å². The quantitative estimate of drug-likeness (QED) is 0.409. The highest BCUT2D eigenvalue weighted by atomic mass is 32.1. The normalized spacial score (nSPS) is 10.9. The molecule has 3 aromatic rings. The van der Waals surface area contributed by atoms with Crippen molar-refractivity contribution in [2.75, 3.05) is 6.54 Å². The lowest BCUT2D eigenvalue weighted by Crippen LogP contribution is -2.25. The van der Waals surface area contributed by atoms with Crippen molar-refractivity contribution in [1.82, 2.24) is 20.4 Å². The number of alkyl halides is 6. The summed E-state index contributed by atoms with van der Waals surface area (Å²) in [5.74, 6) is -5.27. The van der Waals surface area contributed by atoms with Crippen molar-refractivity contribution in [3.8, 4) is 11.5 Å². The van der Waals surface area contributed by atoms with E-state index in [1.54, 1.807) is 18.5 Å². The van der Waals surface area contributed by atoms with Crippen molar-refractivity contribution in [2.24, 2.45) is 0 Å². The Morgan fingerprint density at radius 2 is 1.67 bits per heavy atom. The molecule has 10 nitrogen and oxygen atoms in total. The van der Waals surface area contributed by atoms with Crippen molar-refractivity contribution in [3.63, 3.8) is 0 Å². The van der Waals surface area contributed by atoms with E-state index in [-0.39, 0.29) is 11.6 Å². The molecule has 0 radical (unpaired) electrons. The molecule has 0 spiro atoms. The van der Waals surface area contributed by atoms with E-state index < -0.39 is 24.3 Å². The van der Waals surface area contributed by atoms with Gasteiger partial charge in [0.1, 0.15) is 5.69 Å². The number of rotatable bonds is 5. The number of nitrogens with zero attached hydrogens (tertiary/aromatic N) is 3. The largest absolute Gasteiger partial charge is 0.490 e. The summed E-state index contributed by atoms with van der Waals surface area (Å²) in [7, 11) is 0. The summed E-state index contributed by atoms with van der Waals surface area (Å²) in [4.78, 5) is 38.1. The van der Waals surface area contributed by atoms with Crippen LogP contribution in [0.5, 0.6) is 0 Å². The van der Waals surface area contributed by atoms with Crippen LogP contribution in [-0.2, 0) is 16.0 Å². The molecule has 0 unspecified atom stereocenters. The summed E-state index contributed by atoms with van der Waals surface area (Å²) in [6.45, 7) is 2.43. The van der Waals surface area contributed by atoms with Gasteiger partial charge in [0.05, 0.1) is 5.01 Å². The Hall–Kier alpha value is -4.02. The number of carboxylic acid groups (broad SMARTS) is 2. The third-order valence-electron chi connectivity index (χ3n) is 3.52. The fourth-order valence-electron chi connectivity index (χ4n) is 1.94. The van der Waals surface area contributed by atoms with Crippen LogP contribution in [0.15, 0.2) is 40.5 Å². The van der Waals surface area contributed by atoms with E-state index in [9.17, 15) is 31.1 Å². The average molecular weight is 542 g/mol. The second-order valence-corrected chi connectivity index (χ2v) is 7.36. The van der Waals surface area contributed by atoms with Crippen LogP contribution in [0, 0.1) is 6.92 Å². The summed E-state index contributed by atoms with van der Waals surface area (Å²) in [5.41, 5.74) is 2.03. The zero-order valence-electron chi connectivity index (χ0n) is 17.9. The maximum absolute atomic E-state index is 12.0. The number of thiazole rings is 1. The van der Waals surface area contributed by atoms with Gasteiger partial charge in [-0.2, -0.15) is 26.3 Å². The first-order chi connectivity index (χ1) is 16.6. The highest BCUT2D eigenvalue weighted by molar-refractivity contribution is 7.09. The number of carboxylic acids is 2. The molecule has 3 rings (SSSR count). The molecular formula is C19H16F6N4O6S. The van der Waals surface area contributed by atoms with Crippen molar-refractivity contribution in [3.05, 3.63) is 52.2 Å². The van der Waals surface area contributed by atoms with E-state index in [1.807, 2.05) is 24.4 Å². The van der Waals surface area contributed by atoms with E-state index in [1.165, 1.54) is 11.3 Å². The van der Waals surface area contributed by atoms with E-state index in [0.29, 0.717) is 18.0 Å². The smallest absolute Gasteiger partial charge is 0.475 e.